The van der Waals surface area contributed by atoms with Crippen molar-refractivity contribution in [2.24, 2.45) is 28.8 Å². The van der Waals surface area contributed by atoms with Crippen molar-refractivity contribution in [3.63, 3.8) is 0 Å². The molecule has 0 spiro atoms. The van der Waals surface area contributed by atoms with E-state index in [-0.39, 0.29) is 55.3 Å². The fraction of sp³-hybridized carbons (Fsp3) is 0.614. The number of benzene rings is 1. The van der Waals surface area contributed by atoms with Gasteiger partial charge in [0.1, 0.15) is 24.1 Å². The standard InChI is InChI=1S/C44H59N3O8/c1-4-23-53-44-39(47(3)43(50)30-17-18-30)27-37(46-55-40-16-7-10-24-51-40)35-25-31(13-5-8-21-48)34(15-6-9-22-49)41(42(35)44)36-26-33(19-20-38(36)54-44)52-28-32-14-11-12-29(2)45-32/h4,11-12,14,19-20,25-26,30-31,34,39-42,48-49H,1,5-10,13,15-18,21-24,27-28H2,2-3H3. The van der Waals surface area contributed by atoms with Crippen molar-refractivity contribution >= 4 is 11.6 Å². The lowest BCUT2D eigenvalue weighted by molar-refractivity contribution is -0.256. The number of hydrogen-bond acceptors (Lipinski definition) is 10. The SMILES string of the molecule is C=CCOC12Oc3ccc(OCc4cccc(C)n4)cc3C3C(CCCCO)C(CCCCO)C=C(C(=NOC4CCCCO4)CC1N(C)C(=O)C1CC1)C32. The van der Waals surface area contributed by atoms with Crippen molar-refractivity contribution in [1.29, 1.82) is 0 Å². The lowest BCUT2D eigenvalue weighted by atomic mass is 9.55. The summed E-state index contributed by atoms with van der Waals surface area (Å²) in [5.41, 5.74) is 4.61. The molecule has 11 nitrogen and oxygen atoms in total. The molecule has 0 bridgehead atoms. The first-order valence-corrected chi connectivity index (χ1v) is 20.5. The first-order valence-electron chi connectivity index (χ1n) is 20.5. The largest absolute Gasteiger partial charge is 0.487 e. The van der Waals surface area contributed by atoms with Crippen LogP contribution in [0.2, 0.25) is 0 Å². The second-order valence-electron chi connectivity index (χ2n) is 16.0. The minimum atomic E-state index is -1.25. The van der Waals surface area contributed by atoms with Gasteiger partial charge in [0.05, 0.1) is 30.5 Å². The van der Waals surface area contributed by atoms with E-state index in [2.05, 4.69) is 23.7 Å². The molecule has 2 aromatic rings. The number of aromatic nitrogens is 1. The van der Waals surface area contributed by atoms with Crippen molar-refractivity contribution in [3.05, 3.63) is 77.7 Å². The van der Waals surface area contributed by atoms with E-state index in [1.54, 1.807) is 6.08 Å². The Morgan fingerprint density at radius 1 is 1.09 bits per heavy atom. The number of rotatable bonds is 18. The van der Waals surface area contributed by atoms with Crippen LogP contribution < -0.4 is 9.47 Å². The predicted molar refractivity (Wildman–Crippen MR) is 208 cm³/mol. The van der Waals surface area contributed by atoms with Crippen LogP contribution in [-0.4, -0.2) is 83.3 Å². The molecule has 1 aromatic carbocycles. The molecule has 55 heavy (non-hydrogen) atoms. The smallest absolute Gasteiger partial charge is 0.239 e. The van der Waals surface area contributed by atoms with E-state index < -0.39 is 18.1 Å². The molecule has 2 saturated carbocycles. The zero-order valence-electron chi connectivity index (χ0n) is 32.6. The molecule has 7 rings (SSSR count). The maximum atomic E-state index is 14.0. The summed E-state index contributed by atoms with van der Waals surface area (Å²) in [5, 5.41) is 24.6. The number of allylic oxidation sites excluding steroid dienone is 1. The van der Waals surface area contributed by atoms with Gasteiger partial charge < -0.3 is 38.9 Å². The first kappa shape index (κ1) is 39.5. The van der Waals surface area contributed by atoms with Gasteiger partial charge in [0, 0.05) is 56.2 Å². The minimum absolute atomic E-state index is 0.00608. The minimum Gasteiger partial charge on any atom is -0.487 e. The maximum absolute atomic E-state index is 14.0. The molecular weight excluding hydrogens is 698 g/mol. The van der Waals surface area contributed by atoms with Gasteiger partial charge >= 0.3 is 0 Å². The molecule has 1 amide bonds. The third kappa shape index (κ3) is 8.65. The summed E-state index contributed by atoms with van der Waals surface area (Å²) in [6.45, 7) is 7.45. The number of oxime groups is 1. The number of likely N-dealkylation sites (N-methyl/N-ethyl adjacent to an activating group) is 1. The van der Waals surface area contributed by atoms with Crippen LogP contribution in [-0.2, 0) is 25.7 Å². The van der Waals surface area contributed by atoms with E-state index in [0.717, 1.165) is 86.0 Å². The molecule has 3 fully saturated rings. The Morgan fingerprint density at radius 3 is 2.64 bits per heavy atom. The predicted octanol–water partition coefficient (Wildman–Crippen LogP) is 7.00. The summed E-state index contributed by atoms with van der Waals surface area (Å²) in [7, 11) is 1.88. The lowest BCUT2D eigenvalue weighted by Gasteiger charge is -2.59. The fourth-order valence-electron chi connectivity index (χ4n) is 9.34. The van der Waals surface area contributed by atoms with Crippen LogP contribution in [0.15, 0.2) is 65.9 Å². The third-order valence-electron chi connectivity index (χ3n) is 12.1. The molecule has 11 heteroatoms. The van der Waals surface area contributed by atoms with E-state index in [4.69, 9.17) is 28.9 Å². The zero-order valence-corrected chi connectivity index (χ0v) is 32.6. The van der Waals surface area contributed by atoms with E-state index >= 15 is 0 Å². The Balaban J connectivity index is 1.38. The van der Waals surface area contributed by atoms with Crippen LogP contribution >= 0.6 is 0 Å². The normalized spacial score (nSPS) is 29.0. The van der Waals surface area contributed by atoms with Crippen LogP contribution in [0, 0.1) is 30.6 Å². The van der Waals surface area contributed by atoms with E-state index in [9.17, 15) is 15.0 Å². The number of aliphatic hydroxyl groups is 2. The van der Waals surface area contributed by atoms with E-state index in [1.165, 1.54) is 0 Å². The second kappa shape index (κ2) is 18.0. The quantitative estimate of drug-likeness (QED) is 0.0938. The molecule has 0 radical (unpaired) electrons. The highest BCUT2D eigenvalue weighted by Crippen LogP contribution is 2.62. The molecule has 1 aromatic heterocycles. The highest BCUT2D eigenvalue weighted by molar-refractivity contribution is 6.03. The Labute approximate surface area is 325 Å². The van der Waals surface area contributed by atoms with Crippen LogP contribution in [0.1, 0.15) is 99.9 Å². The van der Waals surface area contributed by atoms with Gasteiger partial charge in [-0.15, -0.1) is 6.58 Å². The van der Waals surface area contributed by atoms with Gasteiger partial charge in [0.25, 0.3) is 0 Å². The van der Waals surface area contributed by atoms with Gasteiger partial charge in [0.15, 0.2) is 0 Å². The average molecular weight is 758 g/mol. The zero-order chi connectivity index (χ0) is 38.4. The summed E-state index contributed by atoms with van der Waals surface area (Å²) in [6, 6.07) is 11.5. The summed E-state index contributed by atoms with van der Waals surface area (Å²) >= 11 is 0. The van der Waals surface area contributed by atoms with Crippen LogP contribution in [0.25, 0.3) is 0 Å². The van der Waals surface area contributed by atoms with Crippen molar-refractivity contribution in [2.45, 2.75) is 115 Å². The van der Waals surface area contributed by atoms with Gasteiger partial charge in [-0.25, -0.2) is 0 Å². The molecule has 3 aliphatic carbocycles. The number of nitrogens with zero attached hydrogens (tertiary/aromatic N) is 3. The molecule has 298 valence electrons. The number of aliphatic hydroxyl groups excluding tert-OH is 2. The fourth-order valence-corrected chi connectivity index (χ4v) is 9.34. The second-order valence-corrected chi connectivity index (χ2v) is 16.0. The molecular formula is C44H59N3O8. The molecule has 5 aliphatic rings. The van der Waals surface area contributed by atoms with E-state index in [1.807, 2.05) is 49.2 Å². The van der Waals surface area contributed by atoms with Crippen molar-refractivity contribution in [1.82, 2.24) is 9.88 Å². The first-order chi connectivity index (χ1) is 26.9. The Hall–Kier alpha value is -3.77. The van der Waals surface area contributed by atoms with Crippen LogP contribution in [0.5, 0.6) is 11.5 Å². The summed E-state index contributed by atoms with van der Waals surface area (Å²) in [4.78, 5) is 26.7. The third-order valence-corrected chi connectivity index (χ3v) is 12.1. The van der Waals surface area contributed by atoms with Gasteiger partial charge in [0.2, 0.25) is 18.0 Å². The topological polar surface area (TPSA) is 132 Å². The maximum Gasteiger partial charge on any atom is 0.239 e. The molecule has 2 aliphatic heterocycles. The van der Waals surface area contributed by atoms with Gasteiger partial charge in [-0.05, 0) is 106 Å². The van der Waals surface area contributed by atoms with Crippen LogP contribution in [0.4, 0.5) is 0 Å². The number of hydrogen-bond donors (Lipinski definition) is 2. The lowest BCUT2D eigenvalue weighted by Crippen LogP contribution is -2.69. The molecule has 7 atom stereocenters. The van der Waals surface area contributed by atoms with Crippen molar-refractivity contribution in [2.75, 3.05) is 33.5 Å². The number of aryl methyl sites for hydroxylation is 1. The van der Waals surface area contributed by atoms with Crippen molar-refractivity contribution in [3.8, 4) is 11.5 Å². The molecule has 2 N–H and O–H groups in total. The summed E-state index contributed by atoms with van der Waals surface area (Å²) < 4.78 is 26.6. The highest BCUT2D eigenvalue weighted by atomic mass is 16.8. The molecule has 7 unspecified atom stereocenters. The van der Waals surface area contributed by atoms with E-state index in [0.29, 0.717) is 44.0 Å². The number of amides is 1. The molecule has 3 heterocycles. The van der Waals surface area contributed by atoms with Gasteiger partial charge in [-0.2, -0.15) is 0 Å². The monoisotopic (exact) mass is 757 g/mol. The van der Waals surface area contributed by atoms with Gasteiger partial charge in [-0.1, -0.05) is 36.2 Å². The number of fused-ring (bicyclic) bond motifs is 2. The molecule has 1 saturated heterocycles. The number of ether oxygens (including phenoxy) is 4. The average Bonchev–Trinajstić information content (AvgIpc) is 4.06. The highest BCUT2D eigenvalue weighted by Gasteiger charge is 2.65. The Morgan fingerprint density at radius 2 is 1.91 bits per heavy atom. The van der Waals surface area contributed by atoms with Crippen LogP contribution in [0.3, 0.4) is 0 Å². The van der Waals surface area contributed by atoms with Crippen molar-refractivity contribution < 1.29 is 38.8 Å². The number of unbranched alkanes of at least 4 members (excludes halogenated alkanes) is 2. The number of pyridine rings is 1. The van der Waals surface area contributed by atoms with Gasteiger partial charge in [-0.3, -0.25) is 9.78 Å². The summed E-state index contributed by atoms with van der Waals surface area (Å²) in [5.74, 6) is 0.0557. The number of carbonyl (C=O) groups excluding carboxylic acids is 1. The Bertz CT molecular complexity index is 1700. The summed E-state index contributed by atoms with van der Waals surface area (Å²) in [6.07, 6.45) is 13.5. The number of carbonyl (C=O) groups is 1. The Kier molecular flexibility index (Phi) is 12.9.